The van der Waals surface area contributed by atoms with Crippen molar-refractivity contribution in [1.82, 2.24) is 0 Å². The fourth-order valence-corrected chi connectivity index (χ4v) is 1.76. The molecule has 0 N–H and O–H groups in total. The lowest BCUT2D eigenvalue weighted by atomic mass is 9.77. The molecule has 2 atom stereocenters. The van der Waals surface area contributed by atoms with Crippen LogP contribution in [0.4, 0.5) is 0 Å². The minimum absolute atomic E-state index is 0.239. The van der Waals surface area contributed by atoms with E-state index < -0.39 is 5.41 Å². The van der Waals surface area contributed by atoms with Crippen LogP contribution in [0.5, 0.6) is 0 Å². The van der Waals surface area contributed by atoms with E-state index in [-0.39, 0.29) is 18.4 Å². The first-order chi connectivity index (χ1) is 6.35. The van der Waals surface area contributed by atoms with Gasteiger partial charge < -0.3 is 4.74 Å². The second kappa shape index (κ2) is 3.71. The molecule has 1 fully saturated rings. The number of rotatable bonds is 3. The first-order valence-electron chi connectivity index (χ1n) is 5.10. The van der Waals surface area contributed by atoms with Crippen molar-refractivity contribution in [3.05, 3.63) is 0 Å². The van der Waals surface area contributed by atoms with Gasteiger partial charge in [-0.05, 0) is 25.2 Å². The smallest absolute Gasteiger partial charge is 0.320 e. The highest BCUT2D eigenvalue weighted by molar-refractivity contribution is 5.97. The maximum absolute atomic E-state index is 11.4. The highest BCUT2D eigenvalue weighted by atomic mass is 16.6. The number of ether oxygens (including phenoxy) is 1. The van der Waals surface area contributed by atoms with Gasteiger partial charge in [-0.15, -0.1) is 0 Å². The van der Waals surface area contributed by atoms with Gasteiger partial charge in [0, 0.05) is 0 Å². The van der Waals surface area contributed by atoms with Gasteiger partial charge in [-0.2, -0.15) is 0 Å². The van der Waals surface area contributed by atoms with Gasteiger partial charge in [0.1, 0.15) is 0 Å². The normalized spacial score (nSPS) is 29.5. The van der Waals surface area contributed by atoms with Gasteiger partial charge in [0.15, 0.2) is 0 Å². The van der Waals surface area contributed by atoms with Crippen LogP contribution < -0.4 is 0 Å². The van der Waals surface area contributed by atoms with Crippen molar-refractivity contribution >= 4 is 11.9 Å². The number of hydrogen-bond acceptors (Lipinski definition) is 3. The topological polar surface area (TPSA) is 43.4 Å². The van der Waals surface area contributed by atoms with Gasteiger partial charge in [-0.25, -0.2) is 0 Å². The molecule has 0 spiro atoms. The SMILES string of the molecule is CC(C)C(C)CC1(C)CC(=O)OC1=O. The highest BCUT2D eigenvalue weighted by Crippen LogP contribution is 2.38. The first kappa shape index (κ1) is 11.2. The Kier molecular flexibility index (Phi) is 2.98. The minimum Gasteiger partial charge on any atom is -0.393 e. The number of carbonyl (C=O) groups is 2. The fourth-order valence-electron chi connectivity index (χ4n) is 1.76. The zero-order valence-corrected chi connectivity index (χ0v) is 9.29. The van der Waals surface area contributed by atoms with E-state index in [1.54, 1.807) is 0 Å². The molecule has 80 valence electrons. The maximum Gasteiger partial charge on any atom is 0.320 e. The standard InChI is InChI=1S/C11H18O3/c1-7(2)8(3)5-11(4)6-9(12)14-10(11)13/h7-8H,5-6H2,1-4H3. The average molecular weight is 198 g/mol. The summed E-state index contributed by atoms with van der Waals surface area (Å²) in [6, 6.07) is 0. The van der Waals surface area contributed by atoms with Gasteiger partial charge in [-0.1, -0.05) is 20.8 Å². The average Bonchev–Trinajstić information content (AvgIpc) is 2.25. The summed E-state index contributed by atoms with van der Waals surface area (Å²) in [6.45, 7) is 8.16. The summed E-state index contributed by atoms with van der Waals surface area (Å²) in [5.41, 5.74) is -0.583. The van der Waals surface area contributed by atoms with Crippen LogP contribution in [0.25, 0.3) is 0 Å². The van der Waals surface area contributed by atoms with Crippen molar-refractivity contribution in [3.63, 3.8) is 0 Å². The van der Waals surface area contributed by atoms with Crippen molar-refractivity contribution in [2.75, 3.05) is 0 Å². The maximum atomic E-state index is 11.4. The van der Waals surface area contributed by atoms with E-state index >= 15 is 0 Å². The van der Waals surface area contributed by atoms with Crippen LogP contribution in [0.15, 0.2) is 0 Å². The molecule has 2 unspecified atom stereocenters. The molecule has 0 radical (unpaired) electrons. The quantitative estimate of drug-likeness (QED) is 0.515. The van der Waals surface area contributed by atoms with Gasteiger partial charge in [0.25, 0.3) is 0 Å². The Morgan fingerprint density at radius 1 is 1.36 bits per heavy atom. The van der Waals surface area contributed by atoms with Gasteiger partial charge >= 0.3 is 11.9 Å². The van der Waals surface area contributed by atoms with Crippen LogP contribution in [0, 0.1) is 17.3 Å². The molecule has 1 aliphatic heterocycles. The summed E-state index contributed by atoms with van der Waals surface area (Å²) in [5, 5.41) is 0. The second-order valence-corrected chi connectivity index (χ2v) is 4.92. The molecule has 0 aliphatic carbocycles. The highest BCUT2D eigenvalue weighted by Gasteiger charge is 2.45. The van der Waals surface area contributed by atoms with Gasteiger partial charge in [0.05, 0.1) is 11.8 Å². The van der Waals surface area contributed by atoms with E-state index in [1.807, 2.05) is 6.92 Å². The lowest BCUT2D eigenvalue weighted by Gasteiger charge is -2.24. The van der Waals surface area contributed by atoms with E-state index in [0.29, 0.717) is 11.8 Å². The van der Waals surface area contributed by atoms with Crippen molar-refractivity contribution in [2.45, 2.75) is 40.5 Å². The molecule has 3 heteroatoms. The van der Waals surface area contributed by atoms with Gasteiger partial charge in [0.2, 0.25) is 0 Å². The molecule has 0 amide bonds. The van der Waals surface area contributed by atoms with Crippen molar-refractivity contribution in [2.24, 2.45) is 17.3 Å². The third-order valence-corrected chi connectivity index (χ3v) is 3.14. The van der Waals surface area contributed by atoms with E-state index in [4.69, 9.17) is 0 Å². The lowest BCUT2D eigenvalue weighted by molar-refractivity contribution is -0.155. The summed E-state index contributed by atoms with van der Waals surface area (Å²) in [4.78, 5) is 22.4. The summed E-state index contributed by atoms with van der Waals surface area (Å²) in [5.74, 6) is 0.220. The van der Waals surface area contributed by atoms with Crippen LogP contribution in [-0.2, 0) is 14.3 Å². The summed E-state index contributed by atoms with van der Waals surface area (Å²) in [7, 11) is 0. The molecule has 0 aromatic rings. The zero-order valence-electron chi connectivity index (χ0n) is 9.29. The first-order valence-corrected chi connectivity index (χ1v) is 5.10. The fraction of sp³-hybridized carbons (Fsp3) is 0.818. The van der Waals surface area contributed by atoms with Gasteiger partial charge in [-0.3, -0.25) is 9.59 Å². The Labute approximate surface area is 84.8 Å². The number of esters is 2. The van der Waals surface area contributed by atoms with Crippen LogP contribution in [0.2, 0.25) is 0 Å². The molecule has 1 rings (SSSR count). The molecule has 3 nitrogen and oxygen atoms in total. The molecular weight excluding hydrogens is 180 g/mol. The Balaban J connectivity index is 2.67. The summed E-state index contributed by atoms with van der Waals surface area (Å²) >= 11 is 0. The molecule has 1 heterocycles. The number of cyclic esters (lactones) is 2. The number of hydrogen-bond donors (Lipinski definition) is 0. The molecule has 0 bridgehead atoms. The Hall–Kier alpha value is -0.860. The largest absolute Gasteiger partial charge is 0.393 e. The Bertz CT molecular complexity index is 257. The molecule has 0 aromatic carbocycles. The van der Waals surface area contributed by atoms with Crippen molar-refractivity contribution in [3.8, 4) is 0 Å². The summed E-state index contributed by atoms with van der Waals surface area (Å²) in [6.07, 6.45) is 0.970. The van der Waals surface area contributed by atoms with Crippen molar-refractivity contribution < 1.29 is 14.3 Å². The van der Waals surface area contributed by atoms with E-state index in [1.165, 1.54) is 0 Å². The van der Waals surface area contributed by atoms with Crippen molar-refractivity contribution in [1.29, 1.82) is 0 Å². The summed E-state index contributed by atoms with van der Waals surface area (Å²) < 4.78 is 4.58. The third-order valence-electron chi connectivity index (χ3n) is 3.14. The van der Waals surface area contributed by atoms with E-state index in [2.05, 4.69) is 25.5 Å². The van der Waals surface area contributed by atoms with Crippen LogP contribution in [-0.4, -0.2) is 11.9 Å². The molecule has 14 heavy (non-hydrogen) atoms. The monoisotopic (exact) mass is 198 g/mol. The van der Waals surface area contributed by atoms with Crippen LogP contribution in [0.1, 0.15) is 40.5 Å². The van der Waals surface area contributed by atoms with Crippen LogP contribution >= 0.6 is 0 Å². The lowest BCUT2D eigenvalue weighted by Crippen LogP contribution is -2.26. The molecular formula is C11H18O3. The predicted molar refractivity (Wildman–Crippen MR) is 52.4 cm³/mol. The van der Waals surface area contributed by atoms with E-state index in [0.717, 1.165) is 6.42 Å². The Morgan fingerprint density at radius 3 is 2.29 bits per heavy atom. The predicted octanol–water partition coefficient (Wildman–Crippen LogP) is 2.15. The molecule has 0 aromatic heterocycles. The molecule has 1 saturated heterocycles. The zero-order chi connectivity index (χ0) is 10.9. The minimum atomic E-state index is -0.583. The third kappa shape index (κ3) is 2.14. The molecule has 1 aliphatic rings. The second-order valence-electron chi connectivity index (χ2n) is 4.92. The van der Waals surface area contributed by atoms with E-state index in [9.17, 15) is 9.59 Å². The Morgan fingerprint density at radius 2 is 1.93 bits per heavy atom. The van der Waals surface area contributed by atoms with Crippen LogP contribution in [0.3, 0.4) is 0 Å². The number of carbonyl (C=O) groups excluding carboxylic acids is 2. The molecule has 0 saturated carbocycles.